The molecule has 0 aliphatic heterocycles. The zero-order valence-electron chi connectivity index (χ0n) is 13.7. The average molecular weight is 304 g/mol. The summed E-state index contributed by atoms with van der Waals surface area (Å²) in [4.78, 5) is 10.8. The Morgan fingerprint density at radius 2 is 1.35 bits per heavy atom. The minimum atomic E-state index is -2.13. The molecule has 0 aliphatic carbocycles. The summed E-state index contributed by atoms with van der Waals surface area (Å²) >= 11 is 0. The fraction of sp³-hybridized carbons (Fsp3) is 0.938. The zero-order chi connectivity index (χ0) is 15.3. The zero-order valence-corrected chi connectivity index (χ0v) is 14.6. The van der Waals surface area contributed by atoms with Gasteiger partial charge in [-0.3, -0.25) is 4.79 Å². The molecule has 0 amide bonds. The van der Waals surface area contributed by atoms with Crippen molar-refractivity contribution >= 4 is 13.1 Å². The second-order valence-electron chi connectivity index (χ2n) is 5.69. The van der Waals surface area contributed by atoms with Crippen molar-refractivity contribution in [2.45, 2.75) is 72.1 Å². The second kappa shape index (κ2) is 12.4. The highest BCUT2D eigenvalue weighted by molar-refractivity contribution is 7.63. The molecule has 0 spiro atoms. The predicted octanol–water partition coefficient (Wildman–Crippen LogP) is 5.07. The van der Waals surface area contributed by atoms with Gasteiger partial charge in [0.15, 0.2) is 0 Å². The van der Waals surface area contributed by atoms with Crippen molar-refractivity contribution in [3.05, 3.63) is 0 Å². The highest BCUT2D eigenvalue weighted by Crippen LogP contribution is 2.47. The molecule has 0 aromatic heterocycles. The first-order chi connectivity index (χ1) is 9.54. The topological polar surface area (TPSA) is 43.4 Å². The SMILES string of the molecule is CCCCCCP(=O)(CCCCCC)CCOC(C)=O. The third-order valence-electron chi connectivity index (χ3n) is 3.64. The van der Waals surface area contributed by atoms with Crippen LogP contribution in [0.5, 0.6) is 0 Å². The molecule has 0 bridgehead atoms. The molecule has 0 saturated carbocycles. The number of unbranched alkanes of at least 4 members (excludes halogenated alkanes) is 6. The number of carbonyl (C=O) groups excluding carboxylic acids is 1. The van der Waals surface area contributed by atoms with Crippen LogP contribution in [0.25, 0.3) is 0 Å². The van der Waals surface area contributed by atoms with E-state index in [1.54, 1.807) is 0 Å². The Morgan fingerprint density at radius 1 is 0.850 bits per heavy atom. The molecule has 20 heavy (non-hydrogen) atoms. The van der Waals surface area contributed by atoms with Gasteiger partial charge in [-0.05, 0) is 12.8 Å². The molecule has 3 nitrogen and oxygen atoms in total. The number of hydrogen-bond donors (Lipinski definition) is 0. The first kappa shape index (κ1) is 19.7. The summed E-state index contributed by atoms with van der Waals surface area (Å²) in [7, 11) is -2.13. The Morgan fingerprint density at radius 3 is 1.75 bits per heavy atom. The first-order valence-electron chi connectivity index (χ1n) is 8.24. The van der Waals surface area contributed by atoms with Gasteiger partial charge in [-0.15, -0.1) is 0 Å². The Bertz CT molecular complexity index is 273. The van der Waals surface area contributed by atoms with Gasteiger partial charge in [0, 0.05) is 25.4 Å². The Labute approximate surface area is 125 Å². The summed E-state index contributed by atoms with van der Waals surface area (Å²) in [5.74, 6) is -0.270. The van der Waals surface area contributed by atoms with Crippen molar-refractivity contribution in [3.63, 3.8) is 0 Å². The van der Waals surface area contributed by atoms with E-state index in [2.05, 4.69) is 13.8 Å². The van der Waals surface area contributed by atoms with Gasteiger partial charge < -0.3 is 9.30 Å². The van der Waals surface area contributed by atoms with E-state index in [0.717, 1.165) is 25.2 Å². The molecular weight excluding hydrogens is 271 g/mol. The molecule has 0 rings (SSSR count). The lowest BCUT2D eigenvalue weighted by molar-refractivity contribution is -0.140. The first-order valence-corrected chi connectivity index (χ1v) is 10.5. The fourth-order valence-corrected chi connectivity index (χ4v) is 5.04. The molecule has 0 saturated heterocycles. The Balaban J connectivity index is 4.12. The smallest absolute Gasteiger partial charge is 0.302 e. The van der Waals surface area contributed by atoms with Gasteiger partial charge >= 0.3 is 5.97 Å². The molecule has 0 fully saturated rings. The lowest BCUT2D eigenvalue weighted by Crippen LogP contribution is -2.09. The van der Waals surface area contributed by atoms with Crippen molar-refractivity contribution < 1.29 is 14.1 Å². The van der Waals surface area contributed by atoms with Gasteiger partial charge in [-0.25, -0.2) is 0 Å². The maximum atomic E-state index is 12.9. The van der Waals surface area contributed by atoms with E-state index in [9.17, 15) is 9.36 Å². The largest absolute Gasteiger partial charge is 0.465 e. The van der Waals surface area contributed by atoms with Gasteiger partial charge in [0.1, 0.15) is 0 Å². The van der Waals surface area contributed by atoms with Crippen LogP contribution in [-0.2, 0) is 14.1 Å². The summed E-state index contributed by atoms with van der Waals surface area (Å²) < 4.78 is 17.9. The number of hydrogen-bond acceptors (Lipinski definition) is 3. The fourth-order valence-electron chi connectivity index (χ4n) is 2.34. The molecule has 0 atom stereocenters. The van der Waals surface area contributed by atoms with Gasteiger partial charge in [0.25, 0.3) is 0 Å². The molecule has 0 aromatic rings. The van der Waals surface area contributed by atoms with Crippen molar-refractivity contribution in [1.29, 1.82) is 0 Å². The van der Waals surface area contributed by atoms with E-state index in [0.29, 0.717) is 12.8 Å². The van der Waals surface area contributed by atoms with Crippen molar-refractivity contribution in [3.8, 4) is 0 Å². The molecule has 0 unspecified atom stereocenters. The van der Waals surface area contributed by atoms with Crippen LogP contribution >= 0.6 is 7.14 Å². The van der Waals surface area contributed by atoms with E-state index in [1.165, 1.54) is 45.4 Å². The number of rotatable bonds is 13. The molecule has 0 aromatic carbocycles. The maximum Gasteiger partial charge on any atom is 0.302 e. The predicted molar refractivity (Wildman–Crippen MR) is 87.1 cm³/mol. The quantitative estimate of drug-likeness (QED) is 0.271. The Hall–Kier alpha value is -0.300. The average Bonchev–Trinajstić information content (AvgIpc) is 2.40. The summed E-state index contributed by atoms with van der Waals surface area (Å²) in [6, 6.07) is 0. The van der Waals surface area contributed by atoms with E-state index in [1.807, 2.05) is 0 Å². The highest BCUT2D eigenvalue weighted by atomic mass is 31.2. The third kappa shape index (κ3) is 11.5. The molecule has 120 valence electrons. The lowest BCUT2D eigenvalue weighted by Gasteiger charge is -2.18. The van der Waals surface area contributed by atoms with Crippen molar-refractivity contribution in [2.24, 2.45) is 0 Å². The van der Waals surface area contributed by atoms with Gasteiger partial charge in [0.05, 0.1) is 13.7 Å². The third-order valence-corrected chi connectivity index (χ3v) is 6.90. The van der Waals surface area contributed by atoms with E-state index < -0.39 is 7.14 Å². The summed E-state index contributed by atoms with van der Waals surface area (Å²) in [5.41, 5.74) is 0. The van der Waals surface area contributed by atoms with Crippen LogP contribution in [0, 0.1) is 0 Å². The number of ether oxygens (including phenoxy) is 1. The van der Waals surface area contributed by atoms with Crippen LogP contribution < -0.4 is 0 Å². The second-order valence-corrected chi connectivity index (χ2v) is 9.15. The van der Waals surface area contributed by atoms with Crippen molar-refractivity contribution in [2.75, 3.05) is 25.1 Å². The van der Waals surface area contributed by atoms with E-state index in [4.69, 9.17) is 4.74 Å². The van der Waals surface area contributed by atoms with Crippen LogP contribution in [0.15, 0.2) is 0 Å². The molecular formula is C16H33O3P. The van der Waals surface area contributed by atoms with E-state index in [-0.39, 0.29) is 5.97 Å². The highest BCUT2D eigenvalue weighted by Gasteiger charge is 2.21. The number of carbonyl (C=O) groups is 1. The summed E-state index contributed by atoms with van der Waals surface area (Å²) in [6.07, 6.45) is 11.5. The molecule has 0 aliphatic rings. The summed E-state index contributed by atoms with van der Waals surface area (Å²) in [5, 5.41) is 0. The Kier molecular flexibility index (Phi) is 12.3. The minimum Gasteiger partial charge on any atom is -0.465 e. The van der Waals surface area contributed by atoms with Crippen LogP contribution in [0.2, 0.25) is 0 Å². The van der Waals surface area contributed by atoms with Crippen LogP contribution in [0.1, 0.15) is 72.1 Å². The van der Waals surface area contributed by atoms with Crippen LogP contribution in [0.4, 0.5) is 0 Å². The van der Waals surface area contributed by atoms with Crippen molar-refractivity contribution in [1.82, 2.24) is 0 Å². The van der Waals surface area contributed by atoms with Crippen LogP contribution in [0.3, 0.4) is 0 Å². The maximum absolute atomic E-state index is 12.9. The minimum absolute atomic E-state index is 0.270. The van der Waals surface area contributed by atoms with E-state index >= 15 is 0 Å². The molecule has 0 heterocycles. The lowest BCUT2D eigenvalue weighted by atomic mass is 10.2. The van der Waals surface area contributed by atoms with Crippen LogP contribution in [-0.4, -0.2) is 31.1 Å². The molecule has 4 heteroatoms. The van der Waals surface area contributed by atoms with Gasteiger partial charge in [-0.2, -0.15) is 0 Å². The molecule has 0 N–H and O–H groups in total. The monoisotopic (exact) mass is 304 g/mol. The van der Waals surface area contributed by atoms with Gasteiger partial charge in [-0.1, -0.05) is 52.4 Å². The molecule has 0 radical (unpaired) electrons. The normalized spacial score (nSPS) is 11.6. The van der Waals surface area contributed by atoms with Gasteiger partial charge in [0.2, 0.25) is 0 Å². The number of esters is 1. The standard InChI is InChI=1S/C16H33O3P/c1-4-6-8-10-13-20(18,14-11-9-7-5-2)15-12-19-16(3)17/h4-15H2,1-3H3. The summed E-state index contributed by atoms with van der Waals surface area (Å²) in [6.45, 7) is 6.11.